The van der Waals surface area contributed by atoms with E-state index in [2.05, 4.69) is 50.8 Å². The first kappa shape index (κ1) is 8.47. The number of benzene rings is 1. The lowest BCUT2D eigenvalue weighted by atomic mass is 10.1. The molecule has 2 heterocycles. The van der Waals surface area contributed by atoms with E-state index in [4.69, 9.17) is 0 Å². The van der Waals surface area contributed by atoms with Crippen LogP contribution in [0.2, 0.25) is 0 Å². The van der Waals surface area contributed by atoms with Crippen LogP contribution >= 0.6 is 22.6 Å². The Hall–Kier alpha value is -0.840. The number of nitrogens with one attached hydrogen (secondary N) is 1. The van der Waals surface area contributed by atoms with Gasteiger partial charge in [-0.15, -0.1) is 0 Å². The average Bonchev–Trinajstić information content (AvgIpc) is 2.56. The van der Waals surface area contributed by atoms with Gasteiger partial charge in [-0.2, -0.15) is 0 Å². The Bertz CT molecular complexity index is 525. The van der Waals surface area contributed by atoms with Crippen LogP contribution in [0.1, 0.15) is 11.3 Å². The number of aliphatic imine (C=N–C) groups is 1. The molecular formula is C11H9IN2. The summed E-state index contributed by atoms with van der Waals surface area (Å²) in [4.78, 5) is 7.67. The van der Waals surface area contributed by atoms with Crippen LogP contribution in [0.15, 0.2) is 23.2 Å². The number of H-pyrrole nitrogens is 1. The standard InChI is InChI=1S/C11H9IN2/c12-7-1-2-10-9(5-7)8-3-4-13-6-11(8)14-10/h1-2,5-6,14H,3-4H2. The smallest absolute Gasteiger partial charge is 0.0605 e. The molecule has 1 aliphatic rings. The summed E-state index contributed by atoms with van der Waals surface area (Å²) < 4.78 is 1.29. The third-order valence-corrected chi connectivity index (χ3v) is 3.28. The van der Waals surface area contributed by atoms with Gasteiger partial charge in [0.25, 0.3) is 0 Å². The maximum atomic E-state index is 4.28. The van der Waals surface area contributed by atoms with Gasteiger partial charge in [0.15, 0.2) is 0 Å². The Labute approximate surface area is 95.6 Å². The minimum atomic E-state index is 0.922. The van der Waals surface area contributed by atoms with Gasteiger partial charge in [0.05, 0.1) is 5.69 Å². The Balaban J connectivity index is 2.39. The Morgan fingerprint density at radius 1 is 1.36 bits per heavy atom. The molecule has 0 aliphatic carbocycles. The third kappa shape index (κ3) is 1.19. The fourth-order valence-corrected chi connectivity index (χ4v) is 2.44. The van der Waals surface area contributed by atoms with Crippen LogP contribution < -0.4 is 0 Å². The largest absolute Gasteiger partial charge is 0.354 e. The molecule has 0 fully saturated rings. The lowest BCUT2D eigenvalue weighted by Crippen LogP contribution is -2.00. The molecule has 3 rings (SSSR count). The molecule has 3 heteroatoms. The summed E-state index contributed by atoms with van der Waals surface area (Å²) in [5.41, 5.74) is 3.84. The van der Waals surface area contributed by atoms with Gasteiger partial charge in [-0.25, -0.2) is 0 Å². The van der Waals surface area contributed by atoms with E-state index in [1.54, 1.807) is 0 Å². The fourth-order valence-electron chi connectivity index (χ4n) is 1.95. The zero-order valence-electron chi connectivity index (χ0n) is 7.55. The molecule has 0 radical (unpaired) electrons. The SMILES string of the molecule is Ic1ccc2[nH]c3c(c2c1)CCN=C3. The highest BCUT2D eigenvalue weighted by Gasteiger charge is 2.12. The lowest BCUT2D eigenvalue weighted by Gasteiger charge is -2.03. The van der Waals surface area contributed by atoms with Crippen molar-refractivity contribution in [2.75, 3.05) is 6.54 Å². The zero-order valence-corrected chi connectivity index (χ0v) is 9.71. The summed E-state index contributed by atoms with van der Waals surface area (Å²) in [5.74, 6) is 0. The molecule has 1 aliphatic heterocycles. The number of hydrogen-bond donors (Lipinski definition) is 1. The number of aromatic nitrogens is 1. The van der Waals surface area contributed by atoms with E-state index in [0.717, 1.165) is 13.0 Å². The van der Waals surface area contributed by atoms with Crippen molar-refractivity contribution in [3.8, 4) is 0 Å². The van der Waals surface area contributed by atoms with Crippen molar-refractivity contribution >= 4 is 39.7 Å². The molecule has 0 unspecified atom stereocenters. The van der Waals surface area contributed by atoms with Crippen molar-refractivity contribution in [1.29, 1.82) is 0 Å². The van der Waals surface area contributed by atoms with Crippen LogP contribution in [0.25, 0.3) is 10.9 Å². The van der Waals surface area contributed by atoms with Crippen LogP contribution in [-0.2, 0) is 6.42 Å². The highest BCUT2D eigenvalue weighted by atomic mass is 127. The molecule has 0 saturated heterocycles. The molecule has 1 aromatic carbocycles. The molecule has 2 nitrogen and oxygen atoms in total. The quantitative estimate of drug-likeness (QED) is 0.724. The molecule has 1 aromatic heterocycles. The molecule has 0 amide bonds. The first-order chi connectivity index (χ1) is 6.84. The van der Waals surface area contributed by atoms with Crippen molar-refractivity contribution in [2.45, 2.75) is 6.42 Å². The second-order valence-electron chi connectivity index (χ2n) is 3.49. The van der Waals surface area contributed by atoms with Crippen LogP contribution in [0.3, 0.4) is 0 Å². The van der Waals surface area contributed by atoms with Gasteiger partial charge < -0.3 is 4.98 Å². The summed E-state index contributed by atoms with van der Waals surface area (Å²) in [6, 6.07) is 6.51. The molecule has 70 valence electrons. The summed E-state index contributed by atoms with van der Waals surface area (Å²) in [5, 5.41) is 1.36. The number of halogens is 1. The molecule has 0 spiro atoms. The van der Waals surface area contributed by atoms with E-state index in [1.165, 1.54) is 25.7 Å². The van der Waals surface area contributed by atoms with Crippen molar-refractivity contribution < 1.29 is 0 Å². The second kappa shape index (κ2) is 3.08. The van der Waals surface area contributed by atoms with Gasteiger partial charge in [0, 0.05) is 27.2 Å². The molecule has 1 N–H and O–H groups in total. The average molecular weight is 296 g/mol. The predicted molar refractivity (Wildman–Crippen MR) is 67.2 cm³/mol. The van der Waals surface area contributed by atoms with Crippen molar-refractivity contribution in [3.05, 3.63) is 33.0 Å². The fraction of sp³-hybridized carbons (Fsp3) is 0.182. The minimum Gasteiger partial charge on any atom is -0.354 e. The van der Waals surface area contributed by atoms with Crippen LogP contribution in [0.4, 0.5) is 0 Å². The van der Waals surface area contributed by atoms with Gasteiger partial charge in [-0.1, -0.05) is 0 Å². The van der Waals surface area contributed by atoms with E-state index in [0.29, 0.717) is 0 Å². The van der Waals surface area contributed by atoms with E-state index in [1.807, 2.05) is 6.21 Å². The molecule has 0 bridgehead atoms. The van der Waals surface area contributed by atoms with Crippen LogP contribution in [0.5, 0.6) is 0 Å². The topological polar surface area (TPSA) is 28.1 Å². The number of nitrogens with zero attached hydrogens (tertiary/aromatic N) is 1. The summed E-state index contributed by atoms with van der Waals surface area (Å²) in [7, 11) is 0. The van der Waals surface area contributed by atoms with Gasteiger partial charge in [-0.05, 0) is 52.8 Å². The second-order valence-corrected chi connectivity index (χ2v) is 4.74. The zero-order chi connectivity index (χ0) is 9.54. The molecular weight excluding hydrogens is 287 g/mol. The maximum Gasteiger partial charge on any atom is 0.0605 e. The molecule has 14 heavy (non-hydrogen) atoms. The summed E-state index contributed by atoms with van der Waals surface area (Å²) >= 11 is 2.35. The molecule has 0 saturated carbocycles. The van der Waals surface area contributed by atoms with Crippen LogP contribution in [0, 0.1) is 3.57 Å². The summed E-state index contributed by atoms with van der Waals surface area (Å²) in [6.45, 7) is 0.922. The van der Waals surface area contributed by atoms with Crippen molar-refractivity contribution in [1.82, 2.24) is 4.98 Å². The van der Waals surface area contributed by atoms with Crippen molar-refractivity contribution in [3.63, 3.8) is 0 Å². The van der Waals surface area contributed by atoms with Gasteiger partial charge in [-0.3, -0.25) is 4.99 Å². The molecule has 0 atom stereocenters. The first-order valence-electron chi connectivity index (χ1n) is 4.64. The highest BCUT2D eigenvalue weighted by molar-refractivity contribution is 14.1. The predicted octanol–water partition coefficient (Wildman–Crippen LogP) is 2.75. The molecule has 2 aromatic rings. The number of rotatable bonds is 0. The van der Waals surface area contributed by atoms with E-state index in [-0.39, 0.29) is 0 Å². The van der Waals surface area contributed by atoms with E-state index >= 15 is 0 Å². The van der Waals surface area contributed by atoms with E-state index in [9.17, 15) is 0 Å². The number of fused-ring (bicyclic) bond motifs is 3. The Morgan fingerprint density at radius 3 is 3.21 bits per heavy atom. The number of hydrogen-bond acceptors (Lipinski definition) is 1. The number of aromatic amines is 1. The normalized spacial score (nSPS) is 14.6. The Kier molecular flexibility index (Phi) is 1.87. The van der Waals surface area contributed by atoms with Gasteiger partial charge in [0.2, 0.25) is 0 Å². The Morgan fingerprint density at radius 2 is 2.29 bits per heavy atom. The lowest BCUT2D eigenvalue weighted by molar-refractivity contribution is 0.957. The minimum absolute atomic E-state index is 0.922. The van der Waals surface area contributed by atoms with E-state index < -0.39 is 0 Å². The maximum absolute atomic E-state index is 4.28. The monoisotopic (exact) mass is 296 g/mol. The van der Waals surface area contributed by atoms with Gasteiger partial charge in [0.1, 0.15) is 0 Å². The van der Waals surface area contributed by atoms with Crippen molar-refractivity contribution in [2.24, 2.45) is 4.99 Å². The van der Waals surface area contributed by atoms with Gasteiger partial charge >= 0.3 is 0 Å². The summed E-state index contributed by atoms with van der Waals surface area (Å²) in [6.07, 6.45) is 3.01. The first-order valence-corrected chi connectivity index (χ1v) is 5.72. The van der Waals surface area contributed by atoms with Crippen LogP contribution in [-0.4, -0.2) is 17.7 Å². The third-order valence-electron chi connectivity index (χ3n) is 2.61. The highest BCUT2D eigenvalue weighted by Crippen LogP contribution is 2.25.